The van der Waals surface area contributed by atoms with Gasteiger partial charge in [0.15, 0.2) is 0 Å². The predicted molar refractivity (Wildman–Crippen MR) is 82.8 cm³/mol. The molecule has 1 aliphatic heterocycles. The summed E-state index contributed by atoms with van der Waals surface area (Å²) < 4.78 is 0. The summed E-state index contributed by atoms with van der Waals surface area (Å²) in [5.41, 5.74) is 0.000119. The third-order valence-electron chi connectivity index (χ3n) is 4.83. The molecule has 2 saturated carbocycles. The van der Waals surface area contributed by atoms with Crippen molar-refractivity contribution in [1.82, 2.24) is 15.3 Å². The number of H-pyrrole nitrogens is 1. The minimum Gasteiger partial charge on any atom is -0.356 e. The zero-order valence-electron chi connectivity index (χ0n) is 12.5. The normalized spacial score (nSPS) is 26.1. The first kappa shape index (κ1) is 13.3. The fourth-order valence-corrected chi connectivity index (χ4v) is 3.24. The molecule has 4 rings (SSSR count). The van der Waals surface area contributed by atoms with Gasteiger partial charge >= 0.3 is 0 Å². The molecule has 1 saturated heterocycles. The molecule has 5 heteroatoms. The average Bonchev–Trinajstić information content (AvgIpc) is 3.39. The molecule has 1 aromatic rings. The van der Waals surface area contributed by atoms with Crippen LogP contribution in [0.3, 0.4) is 0 Å². The highest BCUT2D eigenvalue weighted by atomic mass is 16.1. The number of rotatable bonds is 5. The number of nitrogens with one attached hydrogen (secondary N) is 2. The van der Waals surface area contributed by atoms with E-state index in [4.69, 9.17) is 4.98 Å². The van der Waals surface area contributed by atoms with E-state index < -0.39 is 0 Å². The summed E-state index contributed by atoms with van der Waals surface area (Å²) >= 11 is 0. The van der Waals surface area contributed by atoms with Crippen LogP contribution >= 0.6 is 0 Å². The number of anilines is 1. The Labute approximate surface area is 125 Å². The first-order chi connectivity index (χ1) is 10.3. The van der Waals surface area contributed by atoms with E-state index in [1.54, 1.807) is 6.07 Å². The summed E-state index contributed by atoms with van der Waals surface area (Å²) in [6, 6.07) is 2.45. The molecule has 1 aromatic heterocycles. The van der Waals surface area contributed by atoms with E-state index in [1.807, 2.05) is 0 Å². The van der Waals surface area contributed by atoms with Crippen molar-refractivity contribution in [2.45, 2.75) is 50.5 Å². The van der Waals surface area contributed by atoms with Gasteiger partial charge in [0.25, 0.3) is 5.56 Å². The lowest BCUT2D eigenvalue weighted by Gasteiger charge is -2.33. The van der Waals surface area contributed by atoms with Crippen molar-refractivity contribution in [3.63, 3.8) is 0 Å². The van der Waals surface area contributed by atoms with E-state index in [0.717, 1.165) is 37.3 Å². The molecule has 2 N–H and O–H groups in total. The standard InChI is InChI=1S/C16H24N4O/c21-15-8-14(18-16(19-15)12-3-4-12)20-7-1-2-11(10-20)9-17-13-5-6-13/h8,11-13,17H,1-7,9-10H2,(H,18,19,21). The first-order valence-electron chi connectivity index (χ1n) is 8.37. The van der Waals surface area contributed by atoms with Gasteiger partial charge in [0, 0.05) is 31.1 Å². The van der Waals surface area contributed by atoms with E-state index >= 15 is 0 Å². The Kier molecular flexibility index (Phi) is 3.45. The zero-order valence-corrected chi connectivity index (χ0v) is 12.5. The first-order valence-corrected chi connectivity index (χ1v) is 8.37. The molecule has 114 valence electrons. The number of aromatic amines is 1. The highest BCUT2D eigenvalue weighted by molar-refractivity contribution is 5.38. The Balaban J connectivity index is 1.45. The maximum Gasteiger partial charge on any atom is 0.252 e. The van der Waals surface area contributed by atoms with Crippen LogP contribution in [0.4, 0.5) is 5.82 Å². The topological polar surface area (TPSA) is 61.0 Å². The summed E-state index contributed by atoms with van der Waals surface area (Å²) in [6.45, 7) is 3.17. The van der Waals surface area contributed by atoms with Gasteiger partial charge in [0.05, 0.1) is 0 Å². The molecule has 3 fully saturated rings. The van der Waals surface area contributed by atoms with Gasteiger partial charge in [-0.1, -0.05) is 0 Å². The zero-order chi connectivity index (χ0) is 14.2. The monoisotopic (exact) mass is 288 g/mol. The third-order valence-corrected chi connectivity index (χ3v) is 4.83. The Morgan fingerprint density at radius 3 is 2.90 bits per heavy atom. The molecule has 1 atom stereocenters. The van der Waals surface area contributed by atoms with Crippen LogP contribution in [-0.2, 0) is 0 Å². The van der Waals surface area contributed by atoms with E-state index in [-0.39, 0.29) is 5.56 Å². The highest BCUT2D eigenvalue weighted by Crippen LogP contribution is 2.38. The smallest absolute Gasteiger partial charge is 0.252 e. The minimum atomic E-state index is 0.000119. The molecule has 0 spiro atoms. The van der Waals surface area contributed by atoms with Gasteiger partial charge in [-0.25, -0.2) is 4.98 Å². The third kappa shape index (κ3) is 3.28. The van der Waals surface area contributed by atoms with Crippen LogP contribution in [0.15, 0.2) is 10.9 Å². The number of nitrogens with zero attached hydrogens (tertiary/aromatic N) is 2. The minimum absolute atomic E-state index is 0.000119. The van der Waals surface area contributed by atoms with Crippen molar-refractivity contribution in [3.8, 4) is 0 Å². The van der Waals surface area contributed by atoms with Crippen LogP contribution in [0.25, 0.3) is 0 Å². The van der Waals surface area contributed by atoms with Crippen LogP contribution in [0.2, 0.25) is 0 Å². The van der Waals surface area contributed by atoms with E-state index in [2.05, 4.69) is 15.2 Å². The SMILES string of the molecule is O=c1cc(N2CCCC(CNC3CC3)C2)nc(C2CC2)[nH]1. The molecule has 2 aliphatic carbocycles. The average molecular weight is 288 g/mol. The molecule has 2 heterocycles. The lowest BCUT2D eigenvalue weighted by atomic mass is 9.98. The highest BCUT2D eigenvalue weighted by Gasteiger charge is 2.28. The van der Waals surface area contributed by atoms with Crippen molar-refractivity contribution in [2.24, 2.45) is 5.92 Å². The molecule has 1 unspecified atom stereocenters. The van der Waals surface area contributed by atoms with Gasteiger partial charge in [-0.3, -0.25) is 4.79 Å². The second kappa shape index (κ2) is 5.44. The van der Waals surface area contributed by atoms with Crippen molar-refractivity contribution < 1.29 is 0 Å². The quantitative estimate of drug-likeness (QED) is 0.864. The number of aromatic nitrogens is 2. The maximum absolute atomic E-state index is 11.9. The number of hydrogen-bond acceptors (Lipinski definition) is 4. The summed E-state index contributed by atoms with van der Waals surface area (Å²) in [4.78, 5) is 21.8. The van der Waals surface area contributed by atoms with Gasteiger partial charge < -0.3 is 15.2 Å². The fourth-order valence-electron chi connectivity index (χ4n) is 3.24. The molecule has 3 aliphatic rings. The van der Waals surface area contributed by atoms with Gasteiger partial charge in [-0.05, 0) is 51.0 Å². The molecule has 5 nitrogen and oxygen atoms in total. The Morgan fingerprint density at radius 2 is 2.14 bits per heavy atom. The fraction of sp³-hybridized carbons (Fsp3) is 0.750. The van der Waals surface area contributed by atoms with E-state index in [1.165, 1.54) is 38.5 Å². The molecule has 0 radical (unpaired) electrons. The van der Waals surface area contributed by atoms with E-state index in [0.29, 0.717) is 11.8 Å². The molecule has 0 aromatic carbocycles. The largest absolute Gasteiger partial charge is 0.356 e. The lowest BCUT2D eigenvalue weighted by Crippen LogP contribution is -2.41. The van der Waals surface area contributed by atoms with Gasteiger partial charge in [-0.15, -0.1) is 0 Å². The van der Waals surface area contributed by atoms with Gasteiger partial charge in [0.2, 0.25) is 0 Å². The van der Waals surface area contributed by atoms with E-state index in [9.17, 15) is 4.79 Å². The Hall–Kier alpha value is -1.36. The Morgan fingerprint density at radius 1 is 1.29 bits per heavy atom. The van der Waals surface area contributed by atoms with Crippen molar-refractivity contribution >= 4 is 5.82 Å². The van der Waals surface area contributed by atoms with Crippen LogP contribution in [0, 0.1) is 5.92 Å². The molecule has 21 heavy (non-hydrogen) atoms. The summed E-state index contributed by atoms with van der Waals surface area (Å²) in [5.74, 6) is 2.96. The maximum atomic E-state index is 11.9. The summed E-state index contributed by atoms with van der Waals surface area (Å²) in [6.07, 6.45) is 7.51. The van der Waals surface area contributed by atoms with Crippen LogP contribution < -0.4 is 15.8 Å². The van der Waals surface area contributed by atoms with Crippen LogP contribution in [0.5, 0.6) is 0 Å². The number of piperidine rings is 1. The van der Waals surface area contributed by atoms with Gasteiger partial charge in [-0.2, -0.15) is 0 Å². The summed E-state index contributed by atoms with van der Waals surface area (Å²) in [7, 11) is 0. The Bertz CT molecular complexity index is 562. The summed E-state index contributed by atoms with van der Waals surface area (Å²) in [5, 5.41) is 3.63. The molecular formula is C16H24N4O. The van der Waals surface area contributed by atoms with Crippen LogP contribution in [0.1, 0.15) is 50.3 Å². The van der Waals surface area contributed by atoms with Crippen molar-refractivity contribution in [2.75, 3.05) is 24.5 Å². The number of hydrogen-bond donors (Lipinski definition) is 2. The lowest BCUT2D eigenvalue weighted by molar-refractivity contribution is 0.389. The second-order valence-corrected chi connectivity index (χ2v) is 6.90. The predicted octanol–water partition coefficient (Wildman–Crippen LogP) is 1.62. The van der Waals surface area contributed by atoms with Crippen molar-refractivity contribution in [3.05, 3.63) is 22.2 Å². The van der Waals surface area contributed by atoms with Gasteiger partial charge in [0.1, 0.15) is 11.6 Å². The molecular weight excluding hydrogens is 264 g/mol. The van der Waals surface area contributed by atoms with Crippen molar-refractivity contribution in [1.29, 1.82) is 0 Å². The molecule has 0 amide bonds. The molecule has 0 bridgehead atoms. The second-order valence-electron chi connectivity index (χ2n) is 6.90. The van der Waals surface area contributed by atoms with Crippen LogP contribution in [-0.4, -0.2) is 35.6 Å².